The number of carbonyl (C=O) groups excluding carboxylic acids is 2. The summed E-state index contributed by atoms with van der Waals surface area (Å²) in [5.74, 6) is 0.566. The molecule has 2 aromatic rings. The fraction of sp³-hybridized carbons (Fsp3) is 0.458. The highest BCUT2D eigenvalue weighted by Crippen LogP contribution is 2.39. The second-order valence-electron chi connectivity index (χ2n) is 8.67. The minimum absolute atomic E-state index is 0.0108. The van der Waals surface area contributed by atoms with E-state index in [0.717, 1.165) is 33.9 Å². The van der Waals surface area contributed by atoms with Gasteiger partial charge in [-0.15, -0.1) is 0 Å². The lowest BCUT2D eigenvalue weighted by molar-refractivity contribution is -0.117. The summed E-state index contributed by atoms with van der Waals surface area (Å²) < 4.78 is 6.47. The Morgan fingerprint density at radius 3 is 2.85 bits per heavy atom. The van der Waals surface area contributed by atoms with Crippen LogP contribution in [-0.2, 0) is 4.79 Å². The van der Waals surface area contributed by atoms with Crippen LogP contribution >= 0.6 is 23.1 Å². The van der Waals surface area contributed by atoms with Gasteiger partial charge in [0.15, 0.2) is 5.13 Å². The number of likely N-dealkylation sites (tertiary alicyclic amines) is 1. The van der Waals surface area contributed by atoms with Gasteiger partial charge in [-0.25, -0.2) is 4.98 Å². The molecule has 1 aliphatic heterocycles. The molecule has 34 heavy (non-hydrogen) atoms. The summed E-state index contributed by atoms with van der Waals surface area (Å²) in [5.41, 5.74) is 1.48. The smallest absolute Gasteiger partial charge is 0.257 e. The molecule has 1 saturated carbocycles. The average Bonchev–Trinajstić information content (AvgIpc) is 3.42. The first kappa shape index (κ1) is 24.7. The van der Waals surface area contributed by atoms with Gasteiger partial charge >= 0.3 is 0 Å². The van der Waals surface area contributed by atoms with E-state index >= 15 is 0 Å². The number of aromatic nitrogens is 1. The summed E-state index contributed by atoms with van der Waals surface area (Å²) in [5, 5.41) is 13.5. The summed E-state index contributed by atoms with van der Waals surface area (Å²) in [6.45, 7) is 6.91. The summed E-state index contributed by atoms with van der Waals surface area (Å²) >= 11 is 2.94. The Morgan fingerprint density at radius 1 is 1.41 bits per heavy atom. The molecule has 2 atom stereocenters. The molecule has 2 N–H and O–H groups in total. The molecule has 0 radical (unpaired) electrons. The van der Waals surface area contributed by atoms with Crippen molar-refractivity contribution >= 4 is 40.0 Å². The Balaban J connectivity index is 1.50. The average molecular weight is 503 g/mol. The van der Waals surface area contributed by atoms with Gasteiger partial charge in [-0.1, -0.05) is 29.7 Å². The molecule has 182 valence electrons. The van der Waals surface area contributed by atoms with E-state index in [1.165, 1.54) is 29.2 Å². The van der Waals surface area contributed by atoms with Gasteiger partial charge in [0, 0.05) is 37.0 Å². The van der Waals surface area contributed by atoms with Gasteiger partial charge in [0.05, 0.1) is 23.1 Å². The molecule has 2 heterocycles. The molecule has 8 nitrogen and oxygen atoms in total. The highest BCUT2D eigenvalue weighted by Gasteiger charge is 2.32. The molecule has 4 rings (SSSR count). The molecule has 2 aliphatic rings. The van der Waals surface area contributed by atoms with Crippen molar-refractivity contribution in [2.24, 2.45) is 5.92 Å². The van der Waals surface area contributed by atoms with Crippen LogP contribution in [0.25, 0.3) is 0 Å². The molecule has 2 amide bonds. The van der Waals surface area contributed by atoms with Gasteiger partial charge in [0.25, 0.3) is 5.91 Å². The normalized spacial score (nSPS) is 19.0. The van der Waals surface area contributed by atoms with Gasteiger partial charge < -0.3 is 20.1 Å². The van der Waals surface area contributed by atoms with Crippen LogP contribution in [0.5, 0.6) is 5.75 Å². The zero-order valence-electron chi connectivity index (χ0n) is 19.6. The zero-order chi connectivity index (χ0) is 24.4. The number of nitrogens with one attached hydrogen (secondary N) is 1. The maximum atomic E-state index is 13.4. The monoisotopic (exact) mass is 502 g/mol. The van der Waals surface area contributed by atoms with Crippen molar-refractivity contribution in [1.82, 2.24) is 14.8 Å². The molecular formula is C24H30N4O4S2. The van der Waals surface area contributed by atoms with Crippen molar-refractivity contribution in [3.8, 4) is 5.75 Å². The van der Waals surface area contributed by atoms with Crippen LogP contribution in [-0.4, -0.2) is 71.2 Å². The summed E-state index contributed by atoms with van der Waals surface area (Å²) in [4.78, 5) is 34.3. The quantitative estimate of drug-likeness (QED) is 0.506. The first-order valence-corrected chi connectivity index (χ1v) is 12.9. The third kappa shape index (κ3) is 5.46. The minimum Gasteiger partial charge on any atom is -0.496 e. The highest BCUT2D eigenvalue weighted by molar-refractivity contribution is 8.01. The topological polar surface area (TPSA) is 95.0 Å². The van der Waals surface area contributed by atoms with Gasteiger partial charge in [0.1, 0.15) is 12.0 Å². The van der Waals surface area contributed by atoms with Gasteiger partial charge in [-0.05, 0) is 50.0 Å². The number of thiazole rings is 1. The van der Waals surface area contributed by atoms with E-state index in [-0.39, 0.29) is 23.8 Å². The maximum absolute atomic E-state index is 13.4. The number of benzene rings is 1. The van der Waals surface area contributed by atoms with E-state index in [1.54, 1.807) is 25.3 Å². The van der Waals surface area contributed by atoms with E-state index in [0.29, 0.717) is 29.5 Å². The van der Waals surface area contributed by atoms with Crippen LogP contribution < -0.4 is 10.1 Å². The van der Waals surface area contributed by atoms with Crippen molar-refractivity contribution in [3.63, 3.8) is 0 Å². The predicted octanol–water partition coefficient (Wildman–Crippen LogP) is 3.61. The van der Waals surface area contributed by atoms with E-state index in [9.17, 15) is 14.7 Å². The number of hydrogen-bond acceptors (Lipinski definition) is 8. The molecule has 1 unspecified atom stereocenters. The van der Waals surface area contributed by atoms with Crippen LogP contribution in [0.1, 0.15) is 35.2 Å². The summed E-state index contributed by atoms with van der Waals surface area (Å²) in [6.07, 6.45) is 5.21. The lowest BCUT2D eigenvalue weighted by Gasteiger charge is -2.27. The standard InChI is InChI=1S/C24H30N4O4S2/c1-5-20(29)28-9-8-16(13-28)27(3)23(31)17-11-19(14(2)10-18(17)32-4)33-21-12-25-24(34-21)26-22(30)15-6-7-15/h5,10-12,15-16,20,29H,1,6-9,13H2,2-4H3,(H,25,26,30)/t16-,20?/m0/s1. The van der Waals surface area contributed by atoms with Crippen LogP contribution in [0.3, 0.4) is 0 Å². The second kappa shape index (κ2) is 10.5. The highest BCUT2D eigenvalue weighted by atomic mass is 32.2. The Labute approximate surface area is 208 Å². The number of ether oxygens (including phenoxy) is 1. The molecular weight excluding hydrogens is 472 g/mol. The zero-order valence-corrected chi connectivity index (χ0v) is 21.2. The van der Waals surface area contributed by atoms with Gasteiger partial charge in [-0.2, -0.15) is 0 Å². The second-order valence-corrected chi connectivity index (χ2v) is 11.0. The first-order chi connectivity index (χ1) is 16.3. The maximum Gasteiger partial charge on any atom is 0.257 e. The predicted molar refractivity (Wildman–Crippen MR) is 134 cm³/mol. The van der Waals surface area contributed by atoms with Crippen molar-refractivity contribution in [2.45, 2.75) is 47.6 Å². The molecule has 0 bridgehead atoms. The number of aryl methyl sites for hydroxylation is 1. The van der Waals surface area contributed by atoms with Crippen molar-refractivity contribution < 1.29 is 19.4 Å². The largest absolute Gasteiger partial charge is 0.496 e. The van der Waals surface area contributed by atoms with Crippen molar-refractivity contribution in [2.75, 3.05) is 32.6 Å². The van der Waals surface area contributed by atoms with E-state index in [2.05, 4.69) is 16.9 Å². The molecule has 1 aromatic heterocycles. The minimum atomic E-state index is -0.705. The Kier molecular flexibility index (Phi) is 7.61. The molecule has 2 fully saturated rings. The Hall–Kier alpha value is -2.40. The fourth-order valence-corrected chi connectivity index (χ4v) is 5.91. The number of carbonyl (C=O) groups is 2. The van der Waals surface area contributed by atoms with Gasteiger partial charge in [-0.3, -0.25) is 14.5 Å². The van der Waals surface area contributed by atoms with E-state index < -0.39 is 6.23 Å². The van der Waals surface area contributed by atoms with Gasteiger partial charge in [0.2, 0.25) is 5.91 Å². The molecule has 1 aromatic carbocycles. The number of anilines is 1. The van der Waals surface area contributed by atoms with Crippen LogP contribution in [0.2, 0.25) is 0 Å². The number of likely N-dealkylation sites (N-methyl/N-ethyl adjacent to an activating group) is 1. The third-order valence-electron chi connectivity index (χ3n) is 6.25. The number of hydrogen-bond donors (Lipinski definition) is 2. The molecule has 0 spiro atoms. The Morgan fingerprint density at radius 2 is 2.18 bits per heavy atom. The Bertz CT molecular complexity index is 1080. The summed E-state index contributed by atoms with van der Waals surface area (Å²) in [6, 6.07) is 3.73. The van der Waals surface area contributed by atoms with Crippen LogP contribution in [0.4, 0.5) is 5.13 Å². The van der Waals surface area contributed by atoms with Crippen LogP contribution in [0, 0.1) is 12.8 Å². The lowest BCUT2D eigenvalue weighted by Crippen LogP contribution is -2.40. The number of nitrogens with zero attached hydrogens (tertiary/aromatic N) is 3. The molecule has 1 aliphatic carbocycles. The molecule has 1 saturated heterocycles. The number of methoxy groups -OCH3 is 1. The summed E-state index contributed by atoms with van der Waals surface area (Å²) in [7, 11) is 3.36. The number of aliphatic hydroxyl groups excluding tert-OH is 1. The number of rotatable bonds is 9. The number of amides is 2. The van der Waals surface area contributed by atoms with Crippen LogP contribution in [0.15, 0.2) is 40.1 Å². The third-order valence-corrected chi connectivity index (χ3v) is 8.42. The lowest BCUT2D eigenvalue weighted by atomic mass is 10.1. The SMILES string of the molecule is C=CC(O)N1CC[C@H](N(C)C(=O)c2cc(Sc3cnc(NC(=O)C4CC4)s3)c(C)cc2OC)C1. The van der Waals surface area contributed by atoms with E-state index in [4.69, 9.17) is 4.74 Å². The molecule has 10 heteroatoms. The first-order valence-electron chi connectivity index (χ1n) is 11.3. The number of aliphatic hydroxyl groups is 1. The van der Waals surface area contributed by atoms with Crippen molar-refractivity contribution in [3.05, 3.63) is 42.1 Å². The van der Waals surface area contributed by atoms with E-state index in [1.807, 2.05) is 24.0 Å². The van der Waals surface area contributed by atoms with Crippen molar-refractivity contribution in [1.29, 1.82) is 0 Å². The fourth-order valence-electron chi connectivity index (χ4n) is 3.96.